The van der Waals surface area contributed by atoms with Crippen molar-refractivity contribution in [1.29, 1.82) is 0 Å². The minimum absolute atomic E-state index is 0.131. The molecule has 0 unspecified atom stereocenters. The van der Waals surface area contributed by atoms with Gasteiger partial charge in [0.2, 0.25) is 10.0 Å². The molecule has 1 aromatic heterocycles. The Morgan fingerprint density at radius 1 is 1.07 bits per heavy atom. The molecule has 2 aromatic rings. The number of carbonyl (C=O) groups excluding carboxylic acids is 2. The van der Waals surface area contributed by atoms with Crippen LogP contribution in [0.4, 0.5) is 0 Å². The quantitative estimate of drug-likeness (QED) is 0.647. The zero-order valence-electron chi connectivity index (χ0n) is 14.9. The molecule has 1 aromatic carbocycles. The summed E-state index contributed by atoms with van der Waals surface area (Å²) in [6, 6.07) is 11.4. The van der Waals surface area contributed by atoms with Crippen LogP contribution in [0.1, 0.15) is 5.56 Å². The summed E-state index contributed by atoms with van der Waals surface area (Å²) in [5.74, 6) is -1.67. The molecule has 9 nitrogen and oxygen atoms in total. The molecule has 1 fully saturated rings. The average Bonchev–Trinajstić information content (AvgIpc) is 3.21. The summed E-state index contributed by atoms with van der Waals surface area (Å²) in [6.45, 7) is 0.434. The summed E-state index contributed by atoms with van der Waals surface area (Å²) >= 11 is 0. The Kier molecular flexibility index (Phi) is 6.34. The van der Waals surface area contributed by atoms with Crippen molar-refractivity contribution in [2.45, 2.75) is 17.7 Å². The van der Waals surface area contributed by atoms with Gasteiger partial charge >= 0.3 is 11.8 Å². The SMILES string of the molecule is O=C(NCc1ccncc1)C(=O)NC[C@H]1OCCN1S(=O)(=O)c1ccccc1. The van der Waals surface area contributed by atoms with Gasteiger partial charge in [0.1, 0.15) is 6.23 Å². The zero-order chi connectivity index (χ0) is 20.0. The molecule has 3 rings (SSSR count). The number of carbonyl (C=O) groups is 2. The first-order valence-corrected chi connectivity index (χ1v) is 10.1. The van der Waals surface area contributed by atoms with E-state index in [0.29, 0.717) is 0 Å². The maximum Gasteiger partial charge on any atom is 0.309 e. The van der Waals surface area contributed by atoms with Gasteiger partial charge in [0.15, 0.2) is 0 Å². The van der Waals surface area contributed by atoms with Gasteiger partial charge in [-0.2, -0.15) is 4.31 Å². The minimum Gasteiger partial charge on any atom is -0.359 e. The molecule has 1 aliphatic heterocycles. The van der Waals surface area contributed by atoms with Gasteiger partial charge in [-0.1, -0.05) is 18.2 Å². The van der Waals surface area contributed by atoms with Crippen LogP contribution in [-0.4, -0.2) is 55.4 Å². The van der Waals surface area contributed by atoms with Gasteiger partial charge in [0.05, 0.1) is 18.0 Å². The summed E-state index contributed by atoms with van der Waals surface area (Å²) in [4.78, 5) is 27.9. The molecule has 1 saturated heterocycles. The number of hydrogen-bond acceptors (Lipinski definition) is 6. The summed E-state index contributed by atoms with van der Waals surface area (Å²) in [6.07, 6.45) is 2.30. The fraction of sp³-hybridized carbons (Fsp3) is 0.278. The summed E-state index contributed by atoms with van der Waals surface area (Å²) in [7, 11) is -3.75. The van der Waals surface area contributed by atoms with Crippen molar-refractivity contribution < 1.29 is 22.7 Å². The van der Waals surface area contributed by atoms with Gasteiger partial charge < -0.3 is 15.4 Å². The smallest absolute Gasteiger partial charge is 0.309 e. The van der Waals surface area contributed by atoms with Crippen LogP contribution in [0.3, 0.4) is 0 Å². The Bertz CT molecular complexity index is 922. The number of ether oxygens (including phenoxy) is 1. The first kappa shape index (κ1) is 19.9. The number of rotatable bonds is 6. The molecule has 148 valence electrons. The van der Waals surface area contributed by atoms with Crippen molar-refractivity contribution in [1.82, 2.24) is 19.9 Å². The van der Waals surface area contributed by atoms with Gasteiger partial charge in [0, 0.05) is 25.5 Å². The van der Waals surface area contributed by atoms with E-state index in [9.17, 15) is 18.0 Å². The third kappa shape index (κ3) is 4.71. The van der Waals surface area contributed by atoms with Gasteiger partial charge in [-0.3, -0.25) is 14.6 Å². The second-order valence-corrected chi connectivity index (χ2v) is 7.89. The standard InChI is InChI=1S/C18H20N4O5S/c23-17(20-12-14-6-8-19-9-7-14)18(24)21-13-16-22(10-11-27-16)28(25,26)15-4-2-1-3-5-15/h1-9,16H,10-13H2,(H,20,23)(H,21,24)/t16-/m1/s1. The lowest BCUT2D eigenvalue weighted by Gasteiger charge is -2.22. The second-order valence-electron chi connectivity index (χ2n) is 6.00. The van der Waals surface area contributed by atoms with Crippen molar-refractivity contribution in [3.63, 3.8) is 0 Å². The number of pyridine rings is 1. The largest absolute Gasteiger partial charge is 0.359 e. The molecule has 10 heteroatoms. The third-order valence-corrected chi connectivity index (χ3v) is 6.04. The van der Waals surface area contributed by atoms with Crippen LogP contribution in [0.15, 0.2) is 59.8 Å². The highest BCUT2D eigenvalue weighted by Crippen LogP contribution is 2.21. The number of nitrogens with zero attached hydrogens (tertiary/aromatic N) is 2. The van der Waals surface area contributed by atoms with E-state index in [-0.39, 0.29) is 31.1 Å². The first-order valence-electron chi connectivity index (χ1n) is 8.62. The molecule has 0 spiro atoms. The molecule has 2 amide bonds. The fourth-order valence-corrected chi connectivity index (χ4v) is 4.22. The van der Waals surface area contributed by atoms with E-state index >= 15 is 0 Å². The van der Waals surface area contributed by atoms with Crippen LogP contribution >= 0.6 is 0 Å². The molecule has 0 radical (unpaired) electrons. The third-order valence-electron chi connectivity index (χ3n) is 4.14. The van der Waals surface area contributed by atoms with Crippen LogP contribution in [-0.2, 0) is 30.9 Å². The van der Waals surface area contributed by atoms with E-state index < -0.39 is 28.1 Å². The number of benzene rings is 1. The Labute approximate surface area is 162 Å². The van der Waals surface area contributed by atoms with Crippen molar-refractivity contribution in [3.05, 3.63) is 60.4 Å². The summed E-state index contributed by atoms with van der Waals surface area (Å²) in [5.41, 5.74) is 0.801. The fourth-order valence-electron chi connectivity index (χ4n) is 2.69. The molecule has 1 aliphatic rings. The molecule has 0 saturated carbocycles. The lowest BCUT2D eigenvalue weighted by Crippen LogP contribution is -2.47. The van der Waals surface area contributed by atoms with Crippen LogP contribution in [0.5, 0.6) is 0 Å². The van der Waals surface area contributed by atoms with Gasteiger partial charge in [-0.15, -0.1) is 0 Å². The molecule has 2 heterocycles. The highest BCUT2D eigenvalue weighted by atomic mass is 32.2. The molecular formula is C18H20N4O5S. The molecule has 28 heavy (non-hydrogen) atoms. The average molecular weight is 404 g/mol. The summed E-state index contributed by atoms with van der Waals surface area (Å²) < 4.78 is 32.1. The lowest BCUT2D eigenvalue weighted by atomic mass is 10.3. The normalized spacial score (nSPS) is 17.2. The first-order chi connectivity index (χ1) is 13.5. The second kappa shape index (κ2) is 8.91. The van der Waals surface area contributed by atoms with E-state index in [1.165, 1.54) is 16.4 Å². The van der Waals surface area contributed by atoms with Crippen LogP contribution in [0.25, 0.3) is 0 Å². The van der Waals surface area contributed by atoms with Crippen molar-refractivity contribution in [3.8, 4) is 0 Å². The van der Waals surface area contributed by atoms with Crippen molar-refractivity contribution >= 4 is 21.8 Å². The van der Waals surface area contributed by atoms with Crippen molar-refractivity contribution in [2.75, 3.05) is 19.7 Å². The highest BCUT2D eigenvalue weighted by Gasteiger charge is 2.36. The predicted octanol–water partition coefficient (Wildman–Crippen LogP) is -0.139. The Balaban J connectivity index is 1.54. The zero-order valence-corrected chi connectivity index (χ0v) is 15.8. The van der Waals surface area contributed by atoms with E-state index in [1.807, 2.05) is 0 Å². The molecule has 0 aliphatic carbocycles. The monoisotopic (exact) mass is 404 g/mol. The number of sulfonamides is 1. The maximum atomic E-state index is 12.7. The number of hydrogen-bond donors (Lipinski definition) is 2. The molecule has 1 atom stereocenters. The van der Waals surface area contributed by atoms with Crippen LogP contribution in [0, 0.1) is 0 Å². The van der Waals surface area contributed by atoms with E-state index in [0.717, 1.165) is 5.56 Å². The number of aromatic nitrogens is 1. The minimum atomic E-state index is -3.75. The Morgan fingerprint density at radius 3 is 2.46 bits per heavy atom. The Morgan fingerprint density at radius 2 is 1.75 bits per heavy atom. The van der Waals surface area contributed by atoms with Crippen molar-refractivity contribution in [2.24, 2.45) is 0 Å². The maximum absolute atomic E-state index is 12.7. The summed E-state index contributed by atoms with van der Waals surface area (Å²) in [5, 5.41) is 4.91. The van der Waals surface area contributed by atoms with E-state index in [1.54, 1.807) is 42.7 Å². The topological polar surface area (TPSA) is 118 Å². The Hall–Kier alpha value is -2.82. The number of amides is 2. The lowest BCUT2D eigenvalue weighted by molar-refractivity contribution is -0.139. The van der Waals surface area contributed by atoms with Crippen LogP contribution < -0.4 is 10.6 Å². The van der Waals surface area contributed by atoms with E-state index in [4.69, 9.17) is 4.74 Å². The van der Waals surface area contributed by atoms with Gasteiger partial charge in [-0.25, -0.2) is 8.42 Å². The van der Waals surface area contributed by atoms with Gasteiger partial charge in [-0.05, 0) is 29.8 Å². The molecule has 0 bridgehead atoms. The highest BCUT2D eigenvalue weighted by molar-refractivity contribution is 7.89. The van der Waals surface area contributed by atoms with Crippen LogP contribution in [0.2, 0.25) is 0 Å². The van der Waals surface area contributed by atoms with E-state index in [2.05, 4.69) is 15.6 Å². The van der Waals surface area contributed by atoms with Gasteiger partial charge in [0.25, 0.3) is 0 Å². The number of nitrogens with one attached hydrogen (secondary N) is 2. The molecule has 2 N–H and O–H groups in total. The molecular weight excluding hydrogens is 384 g/mol. The predicted molar refractivity (Wildman–Crippen MR) is 99.2 cm³/mol.